The van der Waals surface area contributed by atoms with Crippen molar-refractivity contribution in [1.82, 2.24) is 14.8 Å². The van der Waals surface area contributed by atoms with Gasteiger partial charge in [0, 0.05) is 6.04 Å². The summed E-state index contributed by atoms with van der Waals surface area (Å²) < 4.78 is 1.77. The largest absolute Gasteiger partial charge is 0.326 e. The summed E-state index contributed by atoms with van der Waals surface area (Å²) in [5.41, 5.74) is 5.93. The average molecular weight is 168 g/mol. The minimum Gasteiger partial charge on any atom is -0.326 e. The second-order valence-corrected chi connectivity index (χ2v) is 3.17. The van der Waals surface area contributed by atoms with Gasteiger partial charge < -0.3 is 5.73 Å². The molecule has 0 aliphatic carbocycles. The summed E-state index contributed by atoms with van der Waals surface area (Å²) in [5.74, 6) is 0.536. The van der Waals surface area contributed by atoms with Gasteiger partial charge in [0.25, 0.3) is 0 Å². The summed E-state index contributed by atoms with van der Waals surface area (Å²) in [7, 11) is 0. The Labute approximate surface area is 72.8 Å². The summed E-state index contributed by atoms with van der Waals surface area (Å²) in [6.07, 6.45) is 4.33. The second-order valence-electron chi connectivity index (χ2n) is 3.17. The van der Waals surface area contributed by atoms with E-state index in [4.69, 9.17) is 5.73 Å². The Kier molecular flexibility index (Phi) is 3.22. The van der Waals surface area contributed by atoms with Crippen LogP contribution < -0.4 is 5.73 Å². The second kappa shape index (κ2) is 4.21. The summed E-state index contributed by atoms with van der Waals surface area (Å²) >= 11 is 0. The number of hydrogen-bond acceptors (Lipinski definition) is 3. The fourth-order valence-electron chi connectivity index (χ4n) is 1.03. The minimum atomic E-state index is 0.177. The third kappa shape index (κ3) is 2.30. The summed E-state index contributed by atoms with van der Waals surface area (Å²) in [6, 6.07) is 0.177. The molecule has 0 aliphatic heterocycles. The molecule has 68 valence electrons. The van der Waals surface area contributed by atoms with Gasteiger partial charge in [-0.05, 0) is 5.92 Å². The summed E-state index contributed by atoms with van der Waals surface area (Å²) in [4.78, 5) is 3.86. The van der Waals surface area contributed by atoms with E-state index in [9.17, 15) is 0 Å². The topological polar surface area (TPSA) is 56.7 Å². The number of rotatable bonds is 4. The molecule has 0 amide bonds. The fourth-order valence-corrected chi connectivity index (χ4v) is 1.03. The van der Waals surface area contributed by atoms with E-state index in [1.165, 1.54) is 6.33 Å². The van der Waals surface area contributed by atoms with Gasteiger partial charge in [0.2, 0.25) is 0 Å². The van der Waals surface area contributed by atoms with Crippen LogP contribution in [0.15, 0.2) is 12.7 Å². The van der Waals surface area contributed by atoms with Crippen LogP contribution in [0, 0.1) is 5.92 Å². The van der Waals surface area contributed by atoms with E-state index in [2.05, 4.69) is 23.9 Å². The van der Waals surface area contributed by atoms with Crippen molar-refractivity contribution in [2.24, 2.45) is 11.7 Å². The third-order valence-corrected chi connectivity index (χ3v) is 2.24. The molecular formula is C8H16N4. The molecule has 2 atom stereocenters. The molecule has 1 aromatic rings. The van der Waals surface area contributed by atoms with Crippen molar-refractivity contribution in [2.75, 3.05) is 0 Å². The van der Waals surface area contributed by atoms with Crippen LogP contribution in [-0.4, -0.2) is 20.8 Å². The van der Waals surface area contributed by atoms with Crippen molar-refractivity contribution in [3.8, 4) is 0 Å². The SMILES string of the molecule is CCC(C)C(N)Cn1cncn1. The van der Waals surface area contributed by atoms with Gasteiger partial charge in [-0.3, -0.25) is 4.68 Å². The van der Waals surface area contributed by atoms with Crippen LogP contribution in [0.2, 0.25) is 0 Å². The first-order chi connectivity index (χ1) is 5.74. The lowest BCUT2D eigenvalue weighted by Crippen LogP contribution is -2.32. The molecule has 2 N–H and O–H groups in total. The zero-order valence-corrected chi connectivity index (χ0v) is 7.64. The Hall–Kier alpha value is -0.900. The van der Waals surface area contributed by atoms with Gasteiger partial charge in [0.1, 0.15) is 12.7 Å². The van der Waals surface area contributed by atoms with Gasteiger partial charge in [-0.25, -0.2) is 4.98 Å². The Balaban J connectivity index is 2.41. The third-order valence-electron chi connectivity index (χ3n) is 2.24. The fraction of sp³-hybridized carbons (Fsp3) is 0.750. The van der Waals surface area contributed by atoms with Crippen molar-refractivity contribution in [3.05, 3.63) is 12.7 Å². The first-order valence-electron chi connectivity index (χ1n) is 4.32. The molecule has 0 aromatic carbocycles. The number of aromatic nitrogens is 3. The molecule has 0 spiro atoms. The van der Waals surface area contributed by atoms with E-state index < -0.39 is 0 Å². The van der Waals surface area contributed by atoms with Gasteiger partial charge >= 0.3 is 0 Å². The molecule has 0 saturated carbocycles. The molecule has 0 bridgehead atoms. The molecule has 12 heavy (non-hydrogen) atoms. The maximum absolute atomic E-state index is 5.93. The van der Waals surface area contributed by atoms with Crippen LogP contribution in [-0.2, 0) is 6.54 Å². The van der Waals surface area contributed by atoms with Gasteiger partial charge in [-0.15, -0.1) is 0 Å². The van der Waals surface area contributed by atoms with Crippen molar-refractivity contribution < 1.29 is 0 Å². The standard InChI is InChI=1S/C8H16N4/c1-3-7(2)8(9)4-12-6-10-5-11-12/h5-8H,3-4,9H2,1-2H3. The molecule has 0 fully saturated rings. The van der Waals surface area contributed by atoms with Crippen LogP contribution in [0.5, 0.6) is 0 Å². The Morgan fingerprint density at radius 3 is 2.83 bits per heavy atom. The molecule has 1 heterocycles. The molecule has 0 radical (unpaired) electrons. The number of nitrogens with zero attached hydrogens (tertiary/aromatic N) is 3. The van der Waals surface area contributed by atoms with Crippen molar-refractivity contribution in [1.29, 1.82) is 0 Å². The predicted molar refractivity (Wildman–Crippen MR) is 47.5 cm³/mol. The van der Waals surface area contributed by atoms with Crippen LogP contribution in [0.3, 0.4) is 0 Å². The lowest BCUT2D eigenvalue weighted by Gasteiger charge is -2.17. The van der Waals surface area contributed by atoms with Crippen molar-refractivity contribution in [2.45, 2.75) is 32.9 Å². The van der Waals surface area contributed by atoms with Crippen LogP contribution in [0.4, 0.5) is 0 Å². The highest BCUT2D eigenvalue weighted by Gasteiger charge is 2.10. The van der Waals surface area contributed by atoms with Crippen LogP contribution in [0.1, 0.15) is 20.3 Å². The predicted octanol–water partition coefficient (Wildman–Crippen LogP) is 0.651. The van der Waals surface area contributed by atoms with Gasteiger partial charge in [-0.1, -0.05) is 20.3 Å². The maximum Gasteiger partial charge on any atom is 0.137 e. The van der Waals surface area contributed by atoms with Gasteiger partial charge in [-0.2, -0.15) is 5.10 Å². The highest BCUT2D eigenvalue weighted by atomic mass is 15.3. The van der Waals surface area contributed by atoms with Crippen LogP contribution >= 0.6 is 0 Å². The van der Waals surface area contributed by atoms with Gasteiger partial charge in [0.05, 0.1) is 6.54 Å². The van der Waals surface area contributed by atoms with E-state index in [1.807, 2.05) is 0 Å². The van der Waals surface area contributed by atoms with E-state index >= 15 is 0 Å². The normalized spacial score (nSPS) is 15.9. The van der Waals surface area contributed by atoms with Crippen LogP contribution in [0.25, 0.3) is 0 Å². The van der Waals surface area contributed by atoms with E-state index in [1.54, 1.807) is 11.0 Å². The average Bonchev–Trinajstić information content (AvgIpc) is 2.55. The van der Waals surface area contributed by atoms with Crippen molar-refractivity contribution >= 4 is 0 Å². The molecule has 4 heteroatoms. The molecule has 0 aliphatic rings. The number of hydrogen-bond donors (Lipinski definition) is 1. The van der Waals surface area contributed by atoms with E-state index in [0.29, 0.717) is 5.92 Å². The summed E-state index contributed by atoms with van der Waals surface area (Å²) in [6.45, 7) is 5.06. The highest BCUT2D eigenvalue weighted by Crippen LogP contribution is 2.06. The molecule has 1 aromatic heterocycles. The maximum atomic E-state index is 5.93. The molecule has 4 nitrogen and oxygen atoms in total. The zero-order valence-electron chi connectivity index (χ0n) is 7.64. The number of nitrogens with two attached hydrogens (primary N) is 1. The Bertz CT molecular complexity index is 207. The summed E-state index contributed by atoms with van der Waals surface area (Å²) in [5, 5.41) is 4.00. The molecule has 0 saturated heterocycles. The molecular weight excluding hydrogens is 152 g/mol. The Morgan fingerprint density at radius 1 is 1.58 bits per heavy atom. The highest BCUT2D eigenvalue weighted by molar-refractivity contribution is 4.69. The first kappa shape index (κ1) is 9.19. The smallest absolute Gasteiger partial charge is 0.137 e. The lowest BCUT2D eigenvalue weighted by atomic mass is 10.0. The van der Waals surface area contributed by atoms with E-state index in [-0.39, 0.29) is 6.04 Å². The minimum absolute atomic E-state index is 0.177. The Morgan fingerprint density at radius 2 is 2.33 bits per heavy atom. The van der Waals surface area contributed by atoms with E-state index in [0.717, 1.165) is 13.0 Å². The van der Waals surface area contributed by atoms with Crippen molar-refractivity contribution in [3.63, 3.8) is 0 Å². The lowest BCUT2D eigenvalue weighted by molar-refractivity contribution is 0.381. The molecule has 1 rings (SSSR count). The quantitative estimate of drug-likeness (QED) is 0.718. The molecule has 2 unspecified atom stereocenters. The monoisotopic (exact) mass is 168 g/mol. The first-order valence-corrected chi connectivity index (χ1v) is 4.32. The van der Waals surface area contributed by atoms with Gasteiger partial charge in [0.15, 0.2) is 0 Å². The zero-order chi connectivity index (χ0) is 8.97.